The Kier molecular flexibility index (Phi) is 4.88. The maximum absolute atomic E-state index is 10.8. The predicted octanol–water partition coefficient (Wildman–Crippen LogP) is 0.0298. The number of methoxy groups -OCH3 is 1. The van der Waals surface area contributed by atoms with Crippen LogP contribution in [0.1, 0.15) is 5.56 Å². The summed E-state index contributed by atoms with van der Waals surface area (Å²) in [5, 5.41) is 7.83. The molecule has 8 heteroatoms. The smallest absolute Gasteiger partial charge is 0.210 e. The molecule has 0 bridgehead atoms. The number of benzene rings is 1. The Bertz CT molecular complexity index is 543. The highest BCUT2D eigenvalue weighted by molar-refractivity contribution is 7.89. The molecule has 0 saturated carbocycles. The van der Waals surface area contributed by atoms with Crippen LogP contribution in [0.25, 0.3) is 0 Å². The van der Waals surface area contributed by atoms with Gasteiger partial charge >= 0.3 is 0 Å². The van der Waals surface area contributed by atoms with Crippen molar-refractivity contribution < 1.29 is 13.2 Å². The summed E-state index contributed by atoms with van der Waals surface area (Å²) in [5.74, 6) is 0.439. The van der Waals surface area contributed by atoms with Gasteiger partial charge in [0.1, 0.15) is 10.7 Å². The van der Waals surface area contributed by atoms with Crippen LogP contribution < -0.4 is 20.9 Å². The van der Waals surface area contributed by atoms with Crippen LogP contribution in [0.3, 0.4) is 0 Å². The minimum absolute atomic E-state index is 0.168. The molecule has 0 fully saturated rings. The van der Waals surface area contributed by atoms with Crippen molar-refractivity contribution in [3.05, 3.63) is 23.8 Å². The first-order valence-electron chi connectivity index (χ1n) is 5.05. The number of hydrogen-bond acceptors (Lipinski definition) is 5. The molecule has 18 heavy (non-hydrogen) atoms. The van der Waals surface area contributed by atoms with Gasteiger partial charge in [-0.15, -0.1) is 0 Å². The maximum Gasteiger partial charge on any atom is 0.210 e. The van der Waals surface area contributed by atoms with Crippen molar-refractivity contribution in [3.63, 3.8) is 0 Å². The molecule has 1 aromatic rings. The van der Waals surface area contributed by atoms with Crippen molar-refractivity contribution >= 4 is 32.9 Å². The van der Waals surface area contributed by atoms with E-state index in [1.807, 2.05) is 0 Å². The van der Waals surface area contributed by atoms with Crippen LogP contribution in [0.2, 0.25) is 0 Å². The highest BCUT2D eigenvalue weighted by atomic mass is 32.2. The molecular weight excluding hydrogens is 274 g/mol. The summed E-state index contributed by atoms with van der Waals surface area (Å²) >= 11 is 4.91. The Balaban J connectivity index is 2.87. The second-order valence-corrected chi connectivity index (χ2v) is 5.74. The van der Waals surface area contributed by atoms with Gasteiger partial charge in [-0.2, -0.15) is 0 Å². The molecule has 0 saturated heterocycles. The number of ether oxygens (including phenoxy) is 1. The summed E-state index contributed by atoms with van der Waals surface area (Å²) in [6, 6.07) is 5.12. The van der Waals surface area contributed by atoms with E-state index in [9.17, 15) is 8.42 Å². The Labute approximate surface area is 111 Å². The summed E-state index contributed by atoms with van der Waals surface area (Å²) in [5.41, 5.74) is 6.81. The molecule has 0 aliphatic carbocycles. The van der Waals surface area contributed by atoms with E-state index >= 15 is 0 Å². The van der Waals surface area contributed by atoms with Gasteiger partial charge in [0.2, 0.25) is 10.0 Å². The normalized spacial score (nSPS) is 11.0. The van der Waals surface area contributed by atoms with Crippen LogP contribution in [0.5, 0.6) is 5.75 Å². The Hall–Kier alpha value is -1.38. The standard InChI is InChI=1S/C10H15N3O3S2/c1-16-7-2-3-8(10(11)17)9(6-7)13-4-5-18(12,14)15/h2-3,6,13H,4-5H2,1H3,(H2,11,17)(H2,12,14,15). The minimum atomic E-state index is -3.50. The lowest BCUT2D eigenvalue weighted by Crippen LogP contribution is -2.23. The maximum atomic E-state index is 10.8. The third-order valence-electron chi connectivity index (χ3n) is 2.19. The van der Waals surface area contributed by atoms with Gasteiger partial charge in [0, 0.05) is 23.9 Å². The molecule has 1 aromatic carbocycles. The third-order valence-corrected chi connectivity index (χ3v) is 3.19. The van der Waals surface area contributed by atoms with Gasteiger partial charge in [-0.05, 0) is 12.1 Å². The fourth-order valence-electron chi connectivity index (χ4n) is 1.34. The fourth-order valence-corrected chi connectivity index (χ4v) is 1.90. The number of sulfonamides is 1. The lowest BCUT2D eigenvalue weighted by Gasteiger charge is -2.12. The second kappa shape index (κ2) is 5.98. The molecule has 0 aliphatic heterocycles. The highest BCUT2D eigenvalue weighted by Gasteiger charge is 2.08. The van der Waals surface area contributed by atoms with Crippen molar-refractivity contribution in [2.24, 2.45) is 10.9 Å². The predicted molar refractivity (Wildman–Crippen MR) is 75.3 cm³/mol. The number of rotatable bonds is 6. The van der Waals surface area contributed by atoms with E-state index in [0.717, 1.165) is 0 Å². The van der Waals surface area contributed by atoms with Crippen LogP contribution >= 0.6 is 12.2 Å². The van der Waals surface area contributed by atoms with Gasteiger partial charge < -0.3 is 15.8 Å². The summed E-state index contributed by atoms with van der Waals surface area (Å²) in [4.78, 5) is 0.218. The number of thiocarbonyl (C=S) groups is 1. The second-order valence-electron chi connectivity index (χ2n) is 3.57. The minimum Gasteiger partial charge on any atom is -0.497 e. The van der Waals surface area contributed by atoms with Gasteiger partial charge in [0.05, 0.1) is 12.9 Å². The summed E-state index contributed by atoms with van der Waals surface area (Å²) < 4.78 is 26.7. The average Bonchev–Trinajstić information content (AvgIpc) is 2.26. The molecule has 0 heterocycles. The quantitative estimate of drug-likeness (QED) is 0.638. The van der Waals surface area contributed by atoms with Crippen molar-refractivity contribution in [3.8, 4) is 5.75 Å². The molecular formula is C10H15N3O3S2. The van der Waals surface area contributed by atoms with Crippen molar-refractivity contribution in [1.29, 1.82) is 0 Å². The number of nitrogens with two attached hydrogens (primary N) is 2. The Morgan fingerprint density at radius 3 is 2.67 bits per heavy atom. The molecule has 0 radical (unpaired) electrons. The topological polar surface area (TPSA) is 107 Å². The number of anilines is 1. The van der Waals surface area contributed by atoms with Gasteiger partial charge in [-0.25, -0.2) is 13.6 Å². The molecule has 0 amide bonds. The van der Waals surface area contributed by atoms with Crippen LogP contribution in [0.4, 0.5) is 5.69 Å². The first kappa shape index (κ1) is 14.7. The molecule has 100 valence electrons. The first-order valence-corrected chi connectivity index (χ1v) is 7.18. The van der Waals surface area contributed by atoms with Crippen LogP contribution in [-0.2, 0) is 10.0 Å². The number of nitrogens with one attached hydrogen (secondary N) is 1. The molecule has 0 aromatic heterocycles. The number of primary sulfonamides is 1. The van der Waals surface area contributed by atoms with E-state index in [4.69, 9.17) is 27.8 Å². The van der Waals surface area contributed by atoms with E-state index in [1.165, 1.54) is 7.11 Å². The van der Waals surface area contributed by atoms with E-state index in [2.05, 4.69) is 5.32 Å². The molecule has 0 aliphatic rings. The third kappa shape index (κ3) is 4.47. The lowest BCUT2D eigenvalue weighted by atomic mass is 10.1. The SMILES string of the molecule is COc1ccc(C(N)=S)c(NCCS(N)(=O)=O)c1. The van der Waals surface area contributed by atoms with E-state index < -0.39 is 10.0 Å². The van der Waals surface area contributed by atoms with Crippen molar-refractivity contribution in [2.75, 3.05) is 24.7 Å². The van der Waals surface area contributed by atoms with E-state index in [-0.39, 0.29) is 17.3 Å². The van der Waals surface area contributed by atoms with Crippen molar-refractivity contribution in [1.82, 2.24) is 0 Å². The summed E-state index contributed by atoms with van der Waals surface area (Å²) in [6.07, 6.45) is 0. The van der Waals surface area contributed by atoms with Crippen LogP contribution in [0.15, 0.2) is 18.2 Å². The van der Waals surface area contributed by atoms with Crippen LogP contribution in [-0.4, -0.2) is 32.8 Å². The summed E-state index contributed by atoms with van der Waals surface area (Å²) in [6.45, 7) is 0.168. The Morgan fingerprint density at radius 1 is 1.50 bits per heavy atom. The van der Waals surface area contributed by atoms with Gasteiger partial charge in [0.15, 0.2) is 0 Å². The fraction of sp³-hybridized carbons (Fsp3) is 0.300. The Morgan fingerprint density at radius 2 is 2.17 bits per heavy atom. The molecule has 0 spiro atoms. The van der Waals surface area contributed by atoms with Gasteiger partial charge in [-0.1, -0.05) is 12.2 Å². The average molecular weight is 289 g/mol. The van der Waals surface area contributed by atoms with Gasteiger partial charge in [-0.3, -0.25) is 0 Å². The largest absolute Gasteiger partial charge is 0.497 e. The van der Waals surface area contributed by atoms with E-state index in [0.29, 0.717) is 17.0 Å². The number of hydrogen-bond donors (Lipinski definition) is 3. The lowest BCUT2D eigenvalue weighted by molar-refractivity contribution is 0.415. The first-order chi connectivity index (χ1) is 8.33. The molecule has 0 atom stereocenters. The zero-order chi connectivity index (χ0) is 13.8. The molecule has 5 N–H and O–H groups in total. The monoisotopic (exact) mass is 289 g/mol. The van der Waals surface area contributed by atoms with Crippen molar-refractivity contribution in [2.45, 2.75) is 0 Å². The zero-order valence-electron chi connectivity index (χ0n) is 9.84. The summed E-state index contributed by atoms with van der Waals surface area (Å²) in [7, 11) is -1.97. The highest BCUT2D eigenvalue weighted by Crippen LogP contribution is 2.22. The molecule has 6 nitrogen and oxygen atoms in total. The van der Waals surface area contributed by atoms with Gasteiger partial charge in [0.25, 0.3) is 0 Å². The molecule has 1 rings (SSSR count). The molecule has 0 unspecified atom stereocenters. The van der Waals surface area contributed by atoms with E-state index in [1.54, 1.807) is 18.2 Å². The van der Waals surface area contributed by atoms with Crippen LogP contribution in [0, 0.1) is 0 Å². The zero-order valence-corrected chi connectivity index (χ0v) is 11.5.